The summed E-state index contributed by atoms with van der Waals surface area (Å²) in [7, 11) is 0. The predicted octanol–water partition coefficient (Wildman–Crippen LogP) is 7.10. The number of nitrogens with zero attached hydrogens (tertiary/aromatic N) is 1. The van der Waals surface area contributed by atoms with E-state index in [4.69, 9.17) is 4.74 Å². The fraction of sp³-hybridized carbons (Fsp3) is 0.174. The molecule has 166 valence electrons. The molecule has 0 aromatic heterocycles. The Labute approximate surface area is 183 Å². The van der Waals surface area contributed by atoms with Gasteiger partial charge >= 0.3 is 11.7 Å². The zero-order chi connectivity index (χ0) is 22.9. The molecule has 0 aliphatic carbocycles. The Bertz CT molecular complexity index is 1110. The molecule has 4 rings (SSSR count). The number of thioether (sulfide) groups is 1. The first-order valence-corrected chi connectivity index (χ1v) is 10.3. The molecule has 9 heteroatoms. The molecule has 1 atom stereocenters. The van der Waals surface area contributed by atoms with E-state index in [0.717, 1.165) is 23.3 Å². The van der Waals surface area contributed by atoms with Crippen molar-refractivity contribution in [3.05, 3.63) is 89.5 Å². The average molecular weight is 467 g/mol. The van der Waals surface area contributed by atoms with Crippen molar-refractivity contribution in [2.45, 2.75) is 22.6 Å². The predicted molar refractivity (Wildman–Crippen MR) is 110 cm³/mol. The minimum absolute atomic E-state index is 0.0287. The van der Waals surface area contributed by atoms with Crippen molar-refractivity contribution in [3.8, 4) is 11.1 Å². The maximum absolute atomic E-state index is 14.0. The highest BCUT2D eigenvalue weighted by atomic mass is 32.2. The molecule has 3 aromatic carbocycles. The Balaban J connectivity index is 1.49. The van der Waals surface area contributed by atoms with Crippen molar-refractivity contribution < 1.29 is 31.1 Å². The van der Waals surface area contributed by atoms with Crippen LogP contribution in [0, 0.1) is 11.6 Å². The van der Waals surface area contributed by atoms with E-state index in [2.05, 4.69) is 4.99 Å². The Hall–Kier alpha value is -2.94. The molecule has 2 nitrogen and oxygen atoms in total. The number of hydrogen-bond acceptors (Lipinski definition) is 3. The van der Waals surface area contributed by atoms with Crippen LogP contribution >= 0.6 is 11.8 Å². The van der Waals surface area contributed by atoms with E-state index in [9.17, 15) is 26.3 Å². The molecule has 0 saturated carbocycles. The lowest BCUT2D eigenvalue weighted by Crippen LogP contribution is -2.21. The van der Waals surface area contributed by atoms with Gasteiger partial charge in [-0.1, -0.05) is 42.5 Å². The molecule has 0 fully saturated rings. The molecule has 1 aliphatic heterocycles. The lowest BCUT2D eigenvalue weighted by atomic mass is 10.0. The molecule has 0 amide bonds. The number of alkyl halides is 4. The van der Waals surface area contributed by atoms with E-state index in [1.807, 2.05) is 0 Å². The van der Waals surface area contributed by atoms with Gasteiger partial charge in [0, 0.05) is 4.90 Å². The SMILES string of the molecule is Fc1cccc(F)c1C1=NC(c2ccc(-c3ccc(SC(F)(F)C(F)F)cc3)cc2)CO1. The fourth-order valence-corrected chi connectivity index (χ4v) is 3.87. The zero-order valence-electron chi connectivity index (χ0n) is 16.2. The number of halogens is 6. The van der Waals surface area contributed by atoms with E-state index < -0.39 is 29.4 Å². The Kier molecular flexibility index (Phi) is 6.19. The van der Waals surface area contributed by atoms with Crippen LogP contribution in [0.1, 0.15) is 17.2 Å². The number of hydrogen-bond donors (Lipinski definition) is 0. The van der Waals surface area contributed by atoms with Crippen molar-refractivity contribution in [2.24, 2.45) is 4.99 Å². The highest BCUT2D eigenvalue weighted by molar-refractivity contribution is 8.00. The first kappa shape index (κ1) is 22.3. The summed E-state index contributed by atoms with van der Waals surface area (Å²) in [6.45, 7) is 0.132. The van der Waals surface area contributed by atoms with Gasteiger partial charge in [0.2, 0.25) is 5.90 Å². The summed E-state index contributed by atoms with van der Waals surface area (Å²) in [6.07, 6.45) is -3.75. The lowest BCUT2D eigenvalue weighted by Gasteiger charge is -2.14. The van der Waals surface area contributed by atoms with Gasteiger partial charge in [0.1, 0.15) is 29.8 Å². The molecule has 1 aliphatic rings. The molecule has 1 heterocycles. The molecule has 0 bridgehead atoms. The minimum Gasteiger partial charge on any atom is -0.475 e. The average Bonchev–Trinajstić information content (AvgIpc) is 3.24. The number of rotatable bonds is 6. The van der Waals surface area contributed by atoms with Crippen LogP contribution in [0.3, 0.4) is 0 Å². The maximum atomic E-state index is 14.0. The van der Waals surface area contributed by atoms with Gasteiger partial charge in [-0.15, -0.1) is 0 Å². The van der Waals surface area contributed by atoms with Crippen LogP contribution < -0.4 is 0 Å². The van der Waals surface area contributed by atoms with Crippen LogP contribution in [0.5, 0.6) is 0 Å². The summed E-state index contributed by atoms with van der Waals surface area (Å²) in [5.41, 5.74) is 1.95. The summed E-state index contributed by atoms with van der Waals surface area (Å²) in [5.74, 6) is -1.61. The van der Waals surface area contributed by atoms with Gasteiger partial charge in [0.05, 0.1) is 0 Å². The summed E-state index contributed by atoms with van der Waals surface area (Å²) < 4.78 is 84.3. The van der Waals surface area contributed by atoms with Crippen molar-refractivity contribution in [2.75, 3.05) is 6.61 Å². The Morgan fingerprint density at radius 2 is 1.44 bits per heavy atom. The molecule has 3 aromatic rings. The second-order valence-corrected chi connectivity index (χ2v) is 8.19. The fourth-order valence-electron chi connectivity index (χ4n) is 3.20. The smallest absolute Gasteiger partial charge is 0.357 e. The maximum Gasteiger partial charge on any atom is 0.357 e. The molecular formula is C23H15F6NOS. The van der Waals surface area contributed by atoms with Crippen LogP contribution in [0.4, 0.5) is 26.3 Å². The van der Waals surface area contributed by atoms with Gasteiger partial charge < -0.3 is 4.74 Å². The third kappa shape index (κ3) is 4.62. The van der Waals surface area contributed by atoms with E-state index in [-0.39, 0.29) is 34.7 Å². The topological polar surface area (TPSA) is 21.6 Å². The largest absolute Gasteiger partial charge is 0.475 e. The van der Waals surface area contributed by atoms with Crippen LogP contribution in [0.15, 0.2) is 76.6 Å². The first-order chi connectivity index (χ1) is 15.2. The van der Waals surface area contributed by atoms with E-state index >= 15 is 0 Å². The van der Waals surface area contributed by atoms with Gasteiger partial charge in [0.25, 0.3) is 0 Å². The molecule has 32 heavy (non-hydrogen) atoms. The summed E-state index contributed by atoms with van der Waals surface area (Å²) in [6, 6.07) is 16.0. The van der Waals surface area contributed by atoms with Crippen molar-refractivity contribution in [1.82, 2.24) is 0 Å². The first-order valence-electron chi connectivity index (χ1n) is 9.45. The minimum atomic E-state index is -4.16. The normalized spacial score (nSPS) is 16.2. The van der Waals surface area contributed by atoms with E-state index in [1.54, 1.807) is 36.4 Å². The molecule has 0 radical (unpaired) electrons. The summed E-state index contributed by atoms with van der Waals surface area (Å²) in [5, 5.41) is -4.16. The number of benzene rings is 3. The second-order valence-electron chi connectivity index (χ2n) is 6.97. The van der Waals surface area contributed by atoms with Gasteiger partial charge in [-0.3, -0.25) is 0 Å². The van der Waals surface area contributed by atoms with E-state index in [1.165, 1.54) is 18.2 Å². The third-order valence-electron chi connectivity index (χ3n) is 4.82. The van der Waals surface area contributed by atoms with Gasteiger partial charge in [-0.05, 0) is 52.7 Å². The van der Waals surface area contributed by atoms with Crippen molar-refractivity contribution >= 4 is 17.7 Å². The molecular weight excluding hydrogens is 452 g/mol. The van der Waals surface area contributed by atoms with Gasteiger partial charge in [-0.25, -0.2) is 22.6 Å². The zero-order valence-corrected chi connectivity index (χ0v) is 17.1. The number of ether oxygens (including phenoxy) is 1. The monoisotopic (exact) mass is 467 g/mol. The Morgan fingerprint density at radius 3 is 2.00 bits per heavy atom. The lowest BCUT2D eigenvalue weighted by molar-refractivity contribution is -0.0563. The van der Waals surface area contributed by atoms with Crippen molar-refractivity contribution in [3.63, 3.8) is 0 Å². The van der Waals surface area contributed by atoms with Crippen LogP contribution in [0.2, 0.25) is 0 Å². The third-order valence-corrected chi connectivity index (χ3v) is 5.78. The van der Waals surface area contributed by atoms with E-state index in [0.29, 0.717) is 5.56 Å². The van der Waals surface area contributed by atoms with Crippen LogP contribution in [-0.2, 0) is 4.74 Å². The Morgan fingerprint density at radius 1 is 0.875 bits per heavy atom. The van der Waals surface area contributed by atoms with Crippen molar-refractivity contribution in [1.29, 1.82) is 0 Å². The molecule has 0 saturated heterocycles. The quantitative estimate of drug-likeness (QED) is 0.285. The summed E-state index contributed by atoms with van der Waals surface area (Å²) in [4.78, 5) is 4.32. The van der Waals surface area contributed by atoms with Crippen LogP contribution in [0.25, 0.3) is 11.1 Å². The summed E-state index contributed by atoms with van der Waals surface area (Å²) >= 11 is -0.188. The number of aliphatic imine (C=N–C) groups is 1. The molecule has 0 spiro atoms. The highest BCUT2D eigenvalue weighted by Crippen LogP contribution is 2.41. The molecule has 0 N–H and O–H groups in total. The van der Waals surface area contributed by atoms with Crippen LogP contribution in [-0.4, -0.2) is 24.2 Å². The second kappa shape index (κ2) is 8.90. The van der Waals surface area contributed by atoms with Gasteiger partial charge in [-0.2, -0.15) is 8.78 Å². The molecule has 1 unspecified atom stereocenters. The van der Waals surface area contributed by atoms with Gasteiger partial charge in [0.15, 0.2) is 0 Å². The standard InChI is InChI=1S/C23H15F6NOS/c24-17-2-1-3-18(25)20(17)21-30-19(12-31-21)15-6-4-13(5-7-15)14-8-10-16(11-9-14)32-23(28,29)22(26)27/h1-11,19,22H,12H2. The highest BCUT2D eigenvalue weighted by Gasteiger charge is 2.41.